The highest BCUT2D eigenvalue weighted by molar-refractivity contribution is 6.30. The molecule has 1 aliphatic rings. The van der Waals surface area contributed by atoms with Crippen LogP contribution in [0.15, 0.2) is 24.3 Å². The third kappa shape index (κ3) is 3.01. The van der Waals surface area contributed by atoms with Crippen molar-refractivity contribution in [3.8, 4) is 0 Å². The predicted octanol–water partition coefficient (Wildman–Crippen LogP) is 2.86. The Morgan fingerprint density at radius 2 is 2.26 bits per heavy atom. The van der Waals surface area contributed by atoms with Crippen molar-refractivity contribution < 1.29 is 14.3 Å². The fourth-order valence-electron chi connectivity index (χ4n) is 2.32. The van der Waals surface area contributed by atoms with Crippen LogP contribution in [-0.4, -0.2) is 31.3 Å². The Bertz CT molecular complexity index is 458. The summed E-state index contributed by atoms with van der Waals surface area (Å²) in [4.78, 5) is 12.1. The summed E-state index contributed by atoms with van der Waals surface area (Å²) in [5.74, 6) is -0.233. The van der Waals surface area contributed by atoms with Gasteiger partial charge in [0, 0.05) is 30.7 Å². The molecule has 0 aliphatic heterocycles. The molecule has 1 aromatic carbocycles. The fourth-order valence-corrected chi connectivity index (χ4v) is 2.51. The normalized spacial score (nSPS) is 25.5. The van der Waals surface area contributed by atoms with Gasteiger partial charge in [-0.3, -0.25) is 0 Å². The lowest BCUT2D eigenvalue weighted by atomic mass is 9.74. The third-order valence-corrected chi connectivity index (χ3v) is 3.60. The second-order valence-corrected chi connectivity index (χ2v) is 5.14. The Kier molecular flexibility index (Phi) is 4.32. The minimum atomic E-state index is -0.693. The van der Waals surface area contributed by atoms with Crippen LogP contribution in [0.3, 0.4) is 0 Å². The van der Waals surface area contributed by atoms with Crippen LogP contribution in [0.2, 0.25) is 5.02 Å². The van der Waals surface area contributed by atoms with E-state index in [1.54, 1.807) is 26.2 Å². The molecule has 1 saturated carbocycles. The topological polar surface area (TPSA) is 47.6 Å². The number of carbonyl (C=O) groups is 1. The van der Waals surface area contributed by atoms with E-state index in [4.69, 9.17) is 21.1 Å². The zero-order valence-electron chi connectivity index (χ0n) is 11.1. The van der Waals surface area contributed by atoms with Crippen LogP contribution in [0.1, 0.15) is 19.8 Å². The number of halogens is 1. The van der Waals surface area contributed by atoms with Crippen molar-refractivity contribution in [2.75, 3.05) is 19.0 Å². The molecule has 5 heteroatoms. The van der Waals surface area contributed by atoms with Gasteiger partial charge < -0.3 is 14.8 Å². The molecule has 1 fully saturated rings. The predicted molar refractivity (Wildman–Crippen MR) is 74.5 cm³/mol. The van der Waals surface area contributed by atoms with E-state index in [2.05, 4.69) is 5.32 Å². The first-order valence-electron chi connectivity index (χ1n) is 6.33. The summed E-state index contributed by atoms with van der Waals surface area (Å²) in [6.07, 6.45) is 1.31. The molecular weight excluding hydrogens is 266 g/mol. The van der Waals surface area contributed by atoms with E-state index < -0.39 is 5.54 Å². The minimum absolute atomic E-state index is 0.0936. The van der Waals surface area contributed by atoms with E-state index in [-0.39, 0.29) is 12.1 Å². The molecule has 0 saturated heterocycles. The van der Waals surface area contributed by atoms with Gasteiger partial charge in [-0.25, -0.2) is 4.79 Å². The van der Waals surface area contributed by atoms with Crippen molar-refractivity contribution in [3.63, 3.8) is 0 Å². The zero-order chi connectivity index (χ0) is 13.9. The number of carbonyl (C=O) groups excluding carboxylic acids is 1. The Labute approximate surface area is 118 Å². The highest BCUT2D eigenvalue weighted by Gasteiger charge is 2.52. The molecule has 0 bridgehead atoms. The van der Waals surface area contributed by atoms with E-state index >= 15 is 0 Å². The average Bonchev–Trinajstić information content (AvgIpc) is 2.33. The van der Waals surface area contributed by atoms with Crippen LogP contribution in [0.4, 0.5) is 5.69 Å². The Hall–Kier alpha value is -1.26. The van der Waals surface area contributed by atoms with Gasteiger partial charge in [-0.05, 0) is 25.1 Å². The Balaban J connectivity index is 2.13. The molecule has 0 heterocycles. The summed E-state index contributed by atoms with van der Waals surface area (Å²) in [6, 6.07) is 7.31. The summed E-state index contributed by atoms with van der Waals surface area (Å²) in [7, 11) is 1.65. The number of rotatable bonds is 5. The average molecular weight is 284 g/mol. The SMILES string of the molecule is CCOC(=O)C1(Nc2cccc(Cl)c2)CC(OC)C1. The van der Waals surface area contributed by atoms with Crippen molar-refractivity contribution in [1.82, 2.24) is 0 Å². The summed E-state index contributed by atoms with van der Waals surface area (Å²) in [6.45, 7) is 2.17. The van der Waals surface area contributed by atoms with Crippen molar-refractivity contribution >= 4 is 23.3 Å². The van der Waals surface area contributed by atoms with E-state index in [1.165, 1.54) is 0 Å². The molecule has 2 rings (SSSR count). The maximum atomic E-state index is 12.1. The molecule has 1 N–H and O–H groups in total. The number of nitrogens with one attached hydrogen (secondary N) is 1. The molecule has 1 aromatic rings. The van der Waals surface area contributed by atoms with Gasteiger partial charge in [0.1, 0.15) is 5.54 Å². The molecule has 19 heavy (non-hydrogen) atoms. The standard InChI is InChI=1S/C14H18ClNO3/c1-3-19-13(17)14(8-12(9-14)18-2)16-11-6-4-5-10(15)7-11/h4-7,12,16H,3,8-9H2,1-2H3. The van der Waals surface area contributed by atoms with Crippen LogP contribution in [0.5, 0.6) is 0 Å². The van der Waals surface area contributed by atoms with Gasteiger partial charge in [-0.15, -0.1) is 0 Å². The molecule has 104 valence electrons. The van der Waals surface area contributed by atoms with Crippen LogP contribution < -0.4 is 5.32 Å². The number of benzene rings is 1. The smallest absolute Gasteiger partial charge is 0.331 e. The number of esters is 1. The van der Waals surface area contributed by atoms with Crippen molar-refractivity contribution in [2.24, 2.45) is 0 Å². The number of methoxy groups -OCH3 is 1. The van der Waals surface area contributed by atoms with Gasteiger partial charge in [0.25, 0.3) is 0 Å². The van der Waals surface area contributed by atoms with Crippen molar-refractivity contribution in [2.45, 2.75) is 31.4 Å². The Morgan fingerprint density at radius 1 is 1.53 bits per heavy atom. The molecule has 0 spiro atoms. The first-order chi connectivity index (χ1) is 9.09. The van der Waals surface area contributed by atoms with Gasteiger partial charge in [0.2, 0.25) is 0 Å². The summed E-state index contributed by atoms with van der Waals surface area (Å²) in [5, 5.41) is 3.87. The summed E-state index contributed by atoms with van der Waals surface area (Å²) >= 11 is 5.95. The second-order valence-electron chi connectivity index (χ2n) is 4.70. The number of hydrogen-bond donors (Lipinski definition) is 1. The van der Waals surface area contributed by atoms with Gasteiger partial charge >= 0.3 is 5.97 Å². The molecular formula is C14H18ClNO3. The maximum absolute atomic E-state index is 12.1. The first-order valence-corrected chi connectivity index (χ1v) is 6.71. The van der Waals surface area contributed by atoms with Crippen molar-refractivity contribution in [1.29, 1.82) is 0 Å². The first kappa shape index (κ1) is 14.2. The molecule has 0 amide bonds. The van der Waals surface area contributed by atoms with Crippen LogP contribution >= 0.6 is 11.6 Å². The van der Waals surface area contributed by atoms with E-state index in [1.807, 2.05) is 12.1 Å². The Morgan fingerprint density at radius 3 is 2.84 bits per heavy atom. The number of ether oxygens (including phenoxy) is 2. The number of hydrogen-bond acceptors (Lipinski definition) is 4. The molecule has 0 radical (unpaired) electrons. The maximum Gasteiger partial charge on any atom is 0.331 e. The molecule has 1 aliphatic carbocycles. The second kappa shape index (κ2) is 5.80. The largest absolute Gasteiger partial charge is 0.464 e. The third-order valence-electron chi connectivity index (χ3n) is 3.36. The van der Waals surface area contributed by atoms with Gasteiger partial charge in [-0.1, -0.05) is 17.7 Å². The summed E-state index contributed by atoms with van der Waals surface area (Å²) < 4.78 is 10.4. The summed E-state index contributed by atoms with van der Waals surface area (Å²) in [5.41, 5.74) is 0.122. The monoisotopic (exact) mass is 283 g/mol. The van der Waals surface area contributed by atoms with Gasteiger partial charge in [0.15, 0.2) is 0 Å². The zero-order valence-corrected chi connectivity index (χ0v) is 11.9. The lowest BCUT2D eigenvalue weighted by Crippen LogP contribution is -2.59. The quantitative estimate of drug-likeness (QED) is 0.844. The van der Waals surface area contributed by atoms with Gasteiger partial charge in [0.05, 0.1) is 12.7 Å². The number of anilines is 1. The molecule has 0 aromatic heterocycles. The van der Waals surface area contributed by atoms with Crippen LogP contribution in [0, 0.1) is 0 Å². The van der Waals surface area contributed by atoms with E-state index in [0.717, 1.165) is 5.69 Å². The molecule has 4 nitrogen and oxygen atoms in total. The van der Waals surface area contributed by atoms with E-state index in [0.29, 0.717) is 24.5 Å². The lowest BCUT2D eigenvalue weighted by molar-refractivity contribution is -0.157. The lowest BCUT2D eigenvalue weighted by Gasteiger charge is -2.45. The van der Waals surface area contributed by atoms with Gasteiger partial charge in [-0.2, -0.15) is 0 Å². The highest BCUT2D eigenvalue weighted by atomic mass is 35.5. The van der Waals surface area contributed by atoms with Crippen LogP contribution in [-0.2, 0) is 14.3 Å². The fraction of sp³-hybridized carbons (Fsp3) is 0.500. The van der Waals surface area contributed by atoms with Crippen molar-refractivity contribution in [3.05, 3.63) is 29.3 Å². The minimum Gasteiger partial charge on any atom is -0.464 e. The van der Waals surface area contributed by atoms with Crippen LogP contribution in [0.25, 0.3) is 0 Å². The highest BCUT2D eigenvalue weighted by Crippen LogP contribution is 2.38. The van der Waals surface area contributed by atoms with E-state index in [9.17, 15) is 4.79 Å². The molecule has 0 unspecified atom stereocenters. The molecule has 0 atom stereocenters.